The zero-order chi connectivity index (χ0) is 12.3. The summed E-state index contributed by atoms with van der Waals surface area (Å²) in [5, 5.41) is 0.659. The Morgan fingerprint density at radius 1 is 1.35 bits per heavy atom. The summed E-state index contributed by atoms with van der Waals surface area (Å²) in [6, 6.07) is 6.60. The summed E-state index contributed by atoms with van der Waals surface area (Å²) in [5.41, 5.74) is 6.33. The van der Waals surface area contributed by atoms with Gasteiger partial charge in [0.25, 0.3) is 0 Å². The van der Waals surface area contributed by atoms with Crippen LogP contribution < -0.4 is 5.73 Å². The minimum absolute atomic E-state index is 0. The molecule has 5 heteroatoms. The number of carbonyl (C=O) groups is 1. The number of esters is 1. The Balaban J connectivity index is 0.00000256. The van der Waals surface area contributed by atoms with Crippen LogP contribution in [0, 0.1) is 0 Å². The van der Waals surface area contributed by atoms with Crippen molar-refractivity contribution in [3.05, 3.63) is 34.9 Å². The Morgan fingerprint density at radius 2 is 1.82 bits per heavy atom. The van der Waals surface area contributed by atoms with E-state index in [4.69, 9.17) is 17.3 Å². The Bertz CT molecular complexity index is 377. The van der Waals surface area contributed by atoms with Gasteiger partial charge in [-0.05, 0) is 17.7 Å². The van der Waals surface area contributed by atoms with Crippen LogP contribution in [0.25, 0.3) is 0 Å². The molecule has 1 aromatic rings. The van der Waals surface area contributed by atoms with Crippen LogP contribution >= 0.6 is 24.0 Å². The normalized spacial score (nSPS) is 12.5. The fourth-order valence-corrected chi connectivity index (χ4v) is 1.61. The second-order valence-electron chi connectivity index (χ2n) is 4.23. The van der Waals surface area contributed by atoms with E-state index >= 15 is 0 Å². The summed E-state index contributed by atoms with van der Waals surface area (Å²) in [6.45, 7) is 3.80. The molecule has 1 unspecified atom stereocenters. The van der Waals surface area contributed by atoms with Gasteiger partial charge in [0.15, 0.2) is 0 Å². The first kappa shape index (κ1) is 16.2. The Kier molecular flexibility index (Phi) is 5.96. The third-order valence-electron chi connectivity index (χ3n) is 2.82. The van der Waals surface area contributed by atoms with Crippen molar-refractivity contribution in [1.29, 1.82) is 0 Å². The molecule has 0 bridgehead atoms. The molecule has 0 fully saturated rings. The Morgan fingerprint density at radius 3 is 2.24 bits per heavy atom. The summed E-state index contributed by atoms with van der Waals surface area (Å²) >= 11 is 5.81. The van der Waals surface area contributed by atoms with E-state index in [0.29, 0.717) is 5.02 Å². The minimum Gasteiger partial charge on any atom is -0.468 e. The fourth-order valence-electron chi connectivity index (χ4n) is 1.48. The van der Waals surface area contributed by atoms with Crippen LogP contribution in [0.1, 0.15) is 19.4 Å². The average Bonchev–Trinajstić information content (AvgIpc) is 2.27. The van der Waals surface area contributed by atoms with Crippen molar-refractivity contribution in [1.82, 2.24) is 0 Å². The molecule has 0 aliphatic heterocycles. The highest BCUT2D eigenvalue weighted by atomic mass is 35.5. The summed E-state index contributed by atoms with van der Waals surface area (Å²) in [4.78, 5) is 11.4. The van der Waals surface area contributed by atoms with Crippen LogP contribution in [0.4, 0.5) is 0 Å². The lowest BCUT2D eigenvalue weighted by atomic mass is 9.78. The molecule has 0 radical (unpaired) electrons. The second-order valence-corrected chi connectivity index (χ2v) is 4.67. The number of methoxy groups -OCH3 is 1. The van der Waals surface area contributed by atoms with Gasteiger partial charge in [-0.15, -0.1) is 12.4 Å². The topological polar surface area (TPSA) is 52.3 Å². The number of carbonyl (C=O) groups excluding carboxylic acids is 1. The molecule has 96 valence electrons. The van der Waals surface area contributed by atoms with Crippen LogP contribution in [0.2, 0.25) is 5.02 Å². The zero-order valence-electron chi connectivity index (χ0n) is 10.1. The largest absolute Gasteiger partial charge is 0.468 e. The highest BCUT2D eigenvalue weighted by Gasteiger charge is 2.34. The molecule has 0 saturated heterocycles. The molecule has 0 saturated carbocycles. The Hall–Kier alpha value is -0.770. The summed E-state index contributed by atoms with van der Waals surface area (Å²) in [6.07, 6.45) is 0. The first-order chi connectivity index (χ1) is 7.39. The lowest BCUT2D eigenvalue weighted by Crippen LogP contribution is -2.47. The smallest absolute Gasteiger partial charge is 0.323 e. The third-order valence-corrected chi connectivity index (χ3v) is 3.07. The lowest BCUT2D eigenvalue weighted by molar-refractivity contribution is -0.143. The number of nitrogens with two attached hydrogens (primary N) is 1. The van der Waals surface area contributed by atoms with E-state index in [9.17, 15) is 4.79 Å². The highest BCUT2D eigenvalue weighted by molar-refractivity contribution is 6.30. The standard InChI is InChI=1S/C12H16ClNO2.ClH/c1-12(2,10(14)11(15)16-3)8-4-6-9(13)7-5-8;/h4-7,10H,14H2,1-3H3;1H. The van der Waals surface area contributed by atoms with E-state index in [1.165, 1.54) is 7.11 Å². The maximum absolute atomic E-state index is 11.4. The molecule has 0 spiro atoms. The van der Waals surface area contributed by atoms with Gasteiger partial charge in [0.2, 0.25) is 0 Å². The maximum Gasteiger partial charge on any atom is 0.323 e. The molecule has 2 N–H and O–H groups in total. The predicted molar refractivity (Wildman–Crippen MR) is 71.7 cm³/mol. The molecule has 0 heterocycles. The molecule has 17 heavy (non-hydrogen) atoms. The van der Waals surface area contributed by atoms with Crippen molar-refractivity contribution < 1.29 is 9.53 Å². The molecule has 0 aliphatic rings. The van der Waals surface area contributed by atoms with Crippen LogP contribution in [-0.2, 0) is 14.9 Å². The zero-order valence-corrected chi connectivity index (χ0v) is 11.6. The van der Waals surface area contributed by atoms with Crippen molar-refractivity contribution in [3.63, 3.8) is 0 Å². The van der Waals surface area contributed by atoms with Crippen LogP contribution in [-0.4, -0.2) is 19.1 Å². The van der Waals surface area contributed by atoms with Crippen molar-refractivity contribution in [2.75, 3.05) is 7.11 Å². The van der Waals surface area contributed by atoms with Gasteiger partial charge in [0.05, 0.1) is 7.11 Å². The summed E-state index contributed by atoms with van der Waals surface area (Å²) in [5.74, 6) is -0.417. The molecule has 0 amide bonds. The van der Waals surface area contributed by atoms with Crippen molar-refractivity contribution in [2.45, 2.75) is 25.3 Å². The second kappa shape index (κ2) is 6.24. The van der Waals surface area contributed by atoms with Gasteiger partial charge in [-0.3, -0.25) is 4.79 Å². The first-order valence-corrected chi connectivity index (χ1v) is 5.37. The van der Waals surface area contributed by atoms with Gasteiger partial charge in [0.1, 0.15) is 6.04 Å². The molecule has 1 rings (SSSR count). The lowest BCUT2D eigenvalue weighted by Gasteiger charge is -2.30. The van der Waals surface area contributed by atoms with E-state index < -0.39 is 17.4 Å². The molecular formula is C12H17Cl2NO2. The molecular weight excluding hydrogens is 261 g/mol. The molecule has 0 aliphatic carbocycles. The van der Waals surface area contributed by atoms with E-state index in [1.54, 1.807) is 12.1 Å². The van der Waals surface area contributed by atoms with Gasteiger partial charge in [0, 0.05) is 10.4 Å². The first-order valence-electron chi connectivity index (χ1n) is 4.99. The SMILES string of the molecule is COC(=O)C(N)C(C)(C)c1ccc(Cl)cc1.Cl. The number of rotatable bonds is 3. The van der Waals surface area contributed by atoms with E-state index in [1.807, 2.05) is 26.0 Å². The summed E-state index contributed by atoms with van der Waals surface area (Å²) < 4.78 is 4.65. The highest BCUT2D eigenvalue weighted by Crippen LogP contribution is 2.27. The van der Waals surface area contributed by atoms with Gasteiger partial charge < -0.3 is 10.5 Å². The summed E-state index contributed by atoms with van der Waals surface area (Å²) in [7, 11) is 1.33. The predicted octanol–water partition coefficient (Wildman–Crippen LogP) is 2.54. The van der Waals surface area contributed by atoms with Crippen LogP contribution in [0.15, 0.2) is 24.3 Å². The number of benzene rings is 1. The van der Waals surface area contributed by atoms with Crippen LogP contribution in [0.5, 0.6) is 0 Å². The molecule has 1 aromatic carbocycles. The van der Waals surface area contributed by atoms with Crippen molar-refractivity contribution >= 4 is 30.0 Å². The van der Waals surface area contributed by atoms with E-state index in [0.717, 1.165) is 5.56 Å². The van der Waals surface area contributed by atoms with Gasteiger partial charge in [-0.1, -0.05) is 37.6 Å². The minimum atomic E-state index is -0.696. The Labute approximate surface area is 113 Å². The average molecular weight is 278 g/mol. The quantitative estimate of drug-likeness (QED) is 0.864. The number of hydrogen-bond donors (Lipinski definition) is 1. The van der Waals surface area contributed by atoms with E-state index in [-0.39, 0.29) is 12.4 Å². The molecule has 1 atom stereocenters. The third kappa shape index (κ3) is 3.60. The number of hydrogen-bond acceptors (Lipinski definition) is 3. The van der Waals surface area contributed by atoms with Crippen LogP contribution in [0.3, 0.4) is 0 Å². The van der Waals surface area contributed by atoms with Crippen molar-refractivity contribution in [2.24, 2.45) is 5.73 Å². The van der Waals surface area contributed by atoms with E-state index in [2.05, 4.69) is 4.74 Å². The molecule has 0 aromatic heterocycles. The monoisotopic (exact) mass is 277 g/mol. The van der Waals surface area contributed by atoms with Gasteiger partial charge in [-0.25, -0.2) is 0 Å². The maximum atomic E-state index is 11.4. The van der Waals surface area contributed by atoms with Gasteiger partial charge in [-0.2, -0.15) is 0 Å². The van der Waals surface area contributed by atoms with Crippen molar-refractivity contribution in [3.8, 4) is 0 Å². The number of halogens is 2. The fraction of sp³-hybridized carbons (Fsp3) is 0.417. The molecule has 3 nitrogen and oxygen atoms in total. The van der Waals surface area contributed by atoms with Gasteiger partial charge >= 0.3 is 5.97 Å². The number of ether oxygens (including phenoxy) is 1.